The van der Waals surface area contributed by atoms with Crippen LogP contribution in [-0.4, -0.2) is 30.5 Å². The van der Waals surface area contributed by atoms with Gasteiger partial charge in [-0.1, -0.05) is 18.2 Å². The molecule has 3 aromatic rings. The van der Waals surface area contributed by atoms with Gasteiger partial charge in [-0.3, -0.25) is 14.9 Å². The number of hydrogen-bond donors (Lipinski definition) is 1. The van der Waals surface area contributed by atoms with E-state index < -0.39 is 16.8 Å². The molecule has 0 aliphatic heterocycles. The molecule has 0 radical (unpaired) electrons. The van der Waals surface area contributed by atoms with Crippen LogP contribution in [0.4, 0.5) is 11.4 Å². The van der Waals surface area contributed by atoms with Crippen molar-refractivity contribution in [2.45, 2.75) is 13.5 Å². The molecule has 3 aromatic carbocycles. The van der Waals surface area contributed by atoms with Gasteiger partial charge in [0.2, 0.25) is 0 Å². The first-order chi connectivity index (χ1) is 17.8. The van der Waals surface area contributed by atoms with Crippen LogP contribution in [0.1, 0.15) is 28.4 Å². The first-order valence-corrected chi connectivity index (χ1v) is 11.1. The summed E-state index contributed by atoms with van der Waals surface area (Å²) in [5.74, 6) is -0.358. The summed E-state index contributed by atoms with van der Waals surface area (Å²) in [5.41, 5.74) is 1.69. The Balaban J connectivity index is 1.71. The molecule has 0 aromatic heterocycles. The van der Waals surface area contributed by atoms with Crippen molar-refractivity contribution in [2.24, 2.45) is 0 Å². The molecule has 0 unspecified atom stereocenters. The van der Waals surface area contributed by atoms with Crippen molar-refractivity contribution in [3.05, 3.63) is 99.1 Å². The van der Waals surface area contributed by atoms with E-state index in [1.807, 2.05) is 6.07 Å². The normalized spacial score (nSPS) is 10.7. The number of ether oxygens (including phenoxy) is 3. The second kappa shape index (κ2) is 12.5. The highest BCUT2D eigenvalue weighted by Gasteiger charge is 2.13. The summed E-state index contributed by atoms with van der Waals surface area (Å²) in [6, 6.07) is 18.9. The molecule has 37 heavy (non-hydrogen) atoms. The molecule has 0 fully saturated rings. The van der Waals surface area contributed by atoms with Crippen LogP contribution in [0.5, 0.6) is 11.5 Å². The molecule has 1 N–H and O–H groups in total. The molecule has 1 amide bonds. The number of carbonyl (C=O) groups excluding carboxylic acids is 2. The fourth-order valence-electron chi connectivity index (χ4n) is 3.23. The van der Waals surface area contributed by atoms with Gasteiger partial charge in [-0.05, 0) is 60.5 Å². The van der Waals surface area contributed by atoms with Crippen molar-refractivity contribution >= 4 is 29.3 Å². The van der Waals surface area contributed by atoms with Crippen LogP contribution in [0.3, 0.4) is 0 Å². The van der Waals surface area contributed by atoms with E-state index in [0.717, 1.165) is 0 Å². The SMILES string of the molecule is CCOC(=O)c1ccc(NC(=O)/C(C#N)=C/c2ccc(OCc3cccc([N+](=O)[O-])c3)c(OC)c2)cc1. The van der Waals surface area contributed by atoms with E-state index in [9.17, 15) is 25.0 Å². The monoisotopic (exact) mass is 501 g/mol. The van der Waals surface area contributed by atoms with Crippen LogP contribution >= 0.6 is 0 Å². The highest BCUT2D eigenvalue weighted by Crippen LogP contribution is 2.30. The van der Waals surface area contributed by atoms with Crippen LogP contribution in [0.2, 0.25) is 0 Å². The van der Waals surface area contributed by atoms with Gasteiger partial charge in [0, 0.05) is 17.8 Å². The number of carbonyl (C=O) groups is 2. The molecular formula is C27H23N3O7. The molecule has 10 nitrogen and oxygen atoms in total. The Labute approximate surface area is 212 Å². The summed E-state index contributed by atoms with van der Waals surface area (Å²) in [4.78, 5) is 34.9. The van der Waals surface area contributed by atoms with Gasteiger partial charge in [0.15, 0.2) is 11.5 Å². The van der Waals surface area contributed by atoms with E-state index in [1.54, 1.807) is 37.3 Å². The van der Waals surface area contributed by atoms with Crippen LogP contribution in [0.25, 0.3) is 6.08 Å². The average Bonchev–Trinajstić information content (AvgIpc) is 2.91. The van der Waals surface area contributed by atoms with Crippen molar-refractivity contribution < 1.29 is 28.7 Å². The highest BCUT2D eigenvalue weighted by atomic mass is 16.6. The lowest BCUT2D eigenvalue weighted by atomic mass is 10.1. The zero-order valence-corrected chi connectivity index (χ0v) is 20.1. The summed E-state index contributed by atoms with van der Waals surface area (Å²) in [6.07, 6.45) is 1.40. The number of benzene rings is 3. The number of anilines is 1. The van der Waals surface area contributed by atoms with Gasteiger partial charge in [-0.2, -0.15) is 5.26 Å². The van der Waals surface area contributed by atoms with Gasteiger partial charge in [-0.15, -0.1) is 0 Å². The number of non-ortho nitro benzene ring substituents is 1. The highest BCUT2D eigenvalue weighted by molar-refractivity contribution is 6.09. The predicted molar refractivity (Wildman–Crippen MR) is 135 cm³/mol. The molecule has 0 saturated heterocycles. The lowest BCUT2D eigenvalue weighted by molar-refractivity contribution is -0.384. The summed E-state index contributed by atoms with van der Waals surface area (Å²) >= 11 is 0. The Morgan fingerprint density at radius 3 is 2.49 bits per heavy atom. The number of nitro benzene ring substituents is 1. The smallest absolute Gasteiger partial charge is 0.338 e. The molecule has 188 valence electrons. The number of esters is 1. The van der Waals surface area contributed by atoms with Gasteiger partial charge in [0.25, 0.3) is 11.6 Å². The lowest BCUT2D eigenvalue weighted by Crippen LogP contribution is -2.13. The summed E-state index contributed by atoms with van der Waals surface area (Å²) in [6.45, 7) is 2.04. The average molecular weight is 501 g/mol. The minimum atomic E-state index is -0.628. The molecular weight excluding hydrogens is 478 g/mol. The minimum absolute atomic E-state index is 0.0363. The molecule has 0 atom stereocenters. The number of methoxy groups -OCH3 is 1. The van der Waals surface area contributed by atoms with Crippen LogP contribution < -0.4 is 14.8 Å². The molecule has 0 aliphatic rings. The van der Waals surface area contributed by atoms with Crippen molar-refractivity contribution in [1.82, 2.24) is 0 Å². The maximum atomic E-state index is 12.6. The fraction of sp³-hybridized carbons (Fsp3) is 0.148. The van der Waals surface area contributed by atoms with Crippen LogP contribution in [-0.2, 0) is 16.1 Å². The zero-order chi connectivity index (χ0) is 26.8. The molecule has 0 aliphatic carbocycles. The zero-order valence-electron chi connectivity index (χ0n) is 20.1. The Kier molecular flexibility index (Phi) is 8.94. The van der Waals surface area contributed by atoms with E-state index in [-0.39, 0.29) is 24.5 Å². The predicted octanol–water partition coefficient (Wildman–Crippen LogP) is 4.90. The Bertz CT molecular complexity index is 1380. The largest absolute Gasteiger partial charge is 0.493 e. The molecule has 3 rings (SSSR count). The van der Waals surface area contributed by atoms with Gasteiger partial charge in [0.1, 0.15) is 18.2 Å². The standard InChI is InChI=1S/C27H23N3O7/c1-3-36-27(32)20-8-10-22(11-9-20)29-26(31)21(16-28)13-18-7-12-24(25(15-18)35-2)37-17-19-5-4-6-23(14-19)30(33)34/h4-15H,3,17H2,1-2H3,(H,29,31)/b21-13+. The van der Waals surface area contributed by atoms with E-state index in [1.165, 1.54) is 49.6 Å². The third kappa shape index (κ3) is 7.16. The third-order valence-corrected chi connectivity index (χ3v) is 5.03. The maximum absolute atomic E-state index is 12.6. The number of hydrogen-bond acceptors (Lipinski definition) is 8. The fourth-order valence-corrected chi connectivity index (χ4v) is 3.23. The minimum Gasteiger partial charge on any atom is -0.493 e. The van der Waals surface area contributed by atoms with Crippen LogP contribution in [0, 0.1) is 21.4 Å². The molecule has 0 heterocycles. The van der Waals surface area contributed by atoms with Crippen molar-refractivity contribution in [2.75, 3.05) is 19.0 Å². The Morgan fingerprint density at radius 2 is 1.84 bits per heavy atom. The van der Waals surface area contributed by atoms with Gasteiger partial charge in [0.05, 0.1) is 24.2 Å². The Morgan fingerprint density at radius 1 is 1.08 bits per heavy atom. The van der Waals surface area contributed by atoms with Crippen molar-refractivity contribution in [3.8, 4) is 17.6 Å². The molecule has 0 bridgehead atoms. The number of rotatable bonds is 10. The first-order valence-electron chi connectivity index (χ1n) is 11.1. The van der Waals surface area contributed by atoms with E-state index >= 15 is 0 Å². The van der Waals surface area contributed by atoms with Crippen molar-refractivity contribution in [1.29, 1.82) is 5.26 Å². The quantitative estimate of drug-likeness (QED) is 0.136. The van der Waals surface area contributed by atoms with Crippen LogP contribution in [0.15, 0.2) is 72.3 Å². The van der Waals surface area contributed by atoms with Crippen molar-refractivity contribution in [3.63, 3.8) is 0 Å². The summed E-state index contributed by atoms with van der Waals surface area (Å²) < 4.78 is 16.1. The van der Waals surface area contributed by atoms with Gasteiger partial charge in [-0.25, -0.2) is 4.79 Å². The second-order valence-electron chi connectivity index (χ2n) is 7.55. The van der Waals surface area contributed by atoms with Gasteiger partial charge < -0.3 is 19.5 Å². The molecule has 0 saturated carbocycles. The number of nitrogens with zero attached hydrogens (tertiary/aromatic N) is 2. The number of amides is 1. The summed E-state index contributed by atoms with van der Waals surface area (Å²) in [7, 11) is 1.45. The van der Waals surface area contributed by atoms with E-state index in [2.05, 4.69) is 5.32 Å². The number of nitrogens with one attached hydrogen (secondary N) is 1. The summed E-state index contributed by atoms with van der Waals surface area (Å²) in [5, 5.41) is 23.1. The van der Waals surface area contributed by atoms with E-state index in [4.69, 9.17) is 14.2 Å². The molecule has 0 spiro atoms. The maximum Gasteiger partial charge on any atom is 0.338 e. The topological polar surface area (TPSA) is 141 Å². The Hall–Kier alpha value is -5.17. The first kappa shape index (κ1) is 26.4. The van der Waals surface area contributed by atoms with E-state index in [0.29, 0.717) is 33.9 Å². The second-order valence-corrected chi connectivity index (χ2v) is 7.55. The lowest BCUT2D eigenvalue weighted by Gasteiger charge is -2.12. The third-order valence-electron chi connectivity index (χ3n) is 5.03. The number of nitriles is 1. The molecule has 10 heteroatoms. The van der Waals surface area contributed by atoms with Gasteiger partial charge >= 0.3 is 5.97 Å². The number of nitro groups is 1.